The highest BCUT2D eigenvalue weighted by Gasteiger charge is 2.21. The Morgan fingerprint density at radius 1 is 1.29 bits per heavy atom. The van der Waals surface area contributed by atoms with Crippen LogP contribution in [0.4, 0.5) is 0 Å². The van der Waals surface area contributed by atoms with Gasteiger partial charge in [-0.25, -0.2) is 4.79 Å². The first kappa shape index (κ1) is 20.2. The van der Waals surface area contributed by atoms with Gasteiger partial charge in [0.15, 0.2) is 0 Å². The lowest BCUT2D eigenvalue weighted by atomic mass is 10.0. The molecule has 0 saturated carbocycles. The van der Waals surface area contributed by atoms with Gasteiger partial charge < -0.3 is 20.0 Å². The minimum Gasteiger partial charge on any atom is -0.477 e. The van der Waals surface area contributed by atoms with Gasteiger partial charge in [0.05, 0.1) is 5.69 Å². The molecule has 28 heavy (non-hydrogen) atoms. The smallest absolute Gasteiger partial charge is 0.341 e. The van der Waals surface area contributed by atoms with Gasteiger partial charge in [0.25, 0.3) is 5.56 Å². The molecule has 3 N–H and O–H groups in total. The van der Waals surface area contributed by atoms with Crippen LogP contribution < -0.4 is 10.9 Å². The van der Waals surface area contributed by atoms with Gasteiger partial charge in [-0.05, 0) is 61.2 Å². The van der Waals surface area contributed by atoms with E-state index in [0.717, 1.165) is 35.0 Å². The molecule has 1 aliphatic rings. The van der Waals surface area contributed by atoms with Crippen LogP contribution in [0.25, 0.3) is 22.2 Å². The number of rotatable bonds is 4. The standard InChI is InChI=1S/C21H23N3O3.ClH/c1-3-12-10-15(21(26)27)20(25)23-19(12)13-6-7-17-14(9-13)11-18(24(17)2)16-5-4-8-22-16;/h6-7,9-11,16,22H,3-5,8H2,1-2H3,(H,23,25)(H,26,27);1H/t16-;/m1./s1. The molecule has 0 radical (unpaired) electrons. The number of nitrogens with one attached hydrogen (secondary N) is 2. The first-order valence-electron chi connectivity index (χ1n) is 9.32. The minimum absolute atomic E-state index is 0. The van der Waals surface area contributed by atoms with Crippen LogP contribution >= 0.6 is 12.4 Å². The monoisotopic (exact) mass is 401 g/mol. The zero-order valence-corrected chi connectivity index (χ0v) is 16.7. The third kappa shape index (κ3) is 3.34. The summed E-state index contributed by atoms with van der Waals surface area (Å²) in [7, 11) is 2.08. The normalized spacial score (nSPS) is 16.3. The van der Waals surface area contributed by atoms with Crippen molar-refractivity contribution in [1.82, 2.24) is 14.9 Å². The molecule has 0 bridgehead atoms. The molecule has 1 aliphatic heterocycles. The quantitative estimate of drug-likeness (QED) is 0.622. The molecule has 3 aromatic rings. The molecule has 0 aliphatic carbocycles. The number of fused-ring (bicyclic) bond motifs is 1. The lowest BCUT2D eigenvalue weighted by Crippen LogP contribution is -2.19. The molecule has 2 aromatic heterocycles. The number of hydrogen-bond donors (Lipinski definition) is 3. The Hall–Kier alpha value is -2.57. The second-order valence-electron chi connectivity index (χ2n) is 7.12. The molecule has 0 unspecified atom stereocenters. The summed E-state index contributed by atoms with van der Waals surface area (Å²) in [5.74, 6) is -1.20. The number of H-pyrrole nitrogens is 1. The summed E-state index contributed by atoms with van der Waals surface area (Å²) in [6.45, 7) is 3.00. The minimum atomic E-state index is -1.20. The van der Waals surface area contributed by atoms with Crippen molar-refractivity contribution < 1.29 is 9.90 Å². The third-order valence-electron chi connectivity index (χ3n) is 5.52. The summed E-state index contributed by atoms with van der Waals surface area (Å²) in [6, 6.07) is 10.2. The third-order valence-corrected chi connectivity index (χ3v) is 5.52. The number of carboxylic acid groups (broad SMARTS) is 1. The van der Waals surface area contributed by atoms with E-state index >= 15 is 0 Å². The topological polar surface area (TPSA) is 87.1 Å². The van der Waals surface area contributed by atoms with Crippen LogP contribution in [0.5, 0.6) is 0 Å². The van der Waals surface area contributed by atoms with Crippen LogP contribution in [0, 0.1) is 0 Å². The molecule has 7 heteroatoms. The highest BCUT2D eigenvalue weighted by molar-refractivity contribution is 5.89. The number of halogens is 1. The number of hydrogen-bond acceptors (Lipinski definition) is 3. The average Bonchev–Trinajstić information content (AvgIpc) is 3.29. The van der Waals surface area contributed by atoms with Gasteiger partial charge in [-0.2, -0.15) is 0 Å². The number of carboxylic acids is 1. The van der Waals surface area contributed by atoms with Crippen molar-refractivity contribution in [2.24, 2.45) is 7.05 Å². The molecule has 4 rings (SSSR count). The average molecular weight is 402 g/mol. The Bertz CT molecular complexity index is 1090. The Balaban J connectivity index is 0.00000225. The second-order valence-corrected chi connectivity index (χ2v) is 7.12. The second kappa shape index (κ2) is 7.81. The number of aromatic nitrogens is 2. The van der Waals surface area contributed by atoms with E-state index in [4.69, 9.17) is 0 Å². The van der Waals surface area contributed by atoms with E-state index in [0.29, 0.717) is 18.2 Å². The van der Waals surface area contributed by atoms with Gasteiger partial charge in [-0.1, -0.05) is 13.0 Å². The highest BCUT2D eigenvalue weighted by atomic mass is 35.5. The van der Waals surface area contributed by atoms with Gasteiger partial charge in [0.2, 0.25) is 0 Å². The van der Waals surface area contributed by atoms with E-state index < -0.39 is 11.5 Å². The maximum Gasteiger partial charge on any atom is 0.341 e. The van der Waals surface area contributed by atoms with E-state index in [1.807, 2.05) is 13.0 Å². The summed E-state index contributed by atoms with van der Waals surface area (Å²) in [6.07, 6.45) is 2.96. The Labute approximate surface area is 169 Å². The van der Waals surface area contributed by atoms with E-state index in [1.165, 1.54) is 18.2 Å². The fourth-order valence-corrected chi connectivity index (χ4v) is 4.07. The number of aromatic carboxylic acids is 1. The summed E-state index contributed by atoms with van der Waals surface area (Å²) < 4.78 is 2.22. The van der Waals surface area contributed by atoms with E-state index in [2.05, 4.69) is 40.1 Å². The first-order chi connectivity index (χ1) is 13.0. The number of carbonyl (C=O) groups is 1. The van der Waals surface area contributed by atoms with Crippen LogP contribution in [0.3, 0.4) is 0 Å². The van der Waals surface area contributed by atoms with Gasteiger partial charge in [0, 0.05) is 29.7 Å². The van der Waals surface area contributed by atoms with Crippen molar-refractivity contribution in [2.75, 3.05) is 6.54 Å². The van der Waals surface area contributed by atoms with Gasteiger partial charge in [-0.15, -0.1) is 12.4 Å². The maximum atomic E-state index is 12.2. The first-order valence-corrected chi connectivity index (χ1v) is 9.32. The molecule has 1 fully saturated rings. The lowest BCUT2D eigenvalue weighted by Gasteiger charge is -2.12. The predicted molar refractivity (Wildman–Crippen MR) is 113 cm³/mol. The largest absolute Gasteiger partial charge is 0.477 e. The fourth-order valence-electron chi connectivity index (χ4n) is 4.07. The molecule has 3 heterocycles. The maximum absolute atomic E-state index is 12.2. The molecule has 6 nitrogen and oxygen atoms in total. The summed E-state index contributed by atoms with van der Waals surface area (Å²) >= 11 is 0. The SMILES string of the molecule is CCc1cc(C(=O)O)c(=O)[nH]c1-c1ccc2c(c1)cc([C@H]1CCCN1)n2C.Cl. The van der Waals surface area contributed by atoms with Gasteiger partial charge in [0.1, 0.15) is 5.56 Å². The van der Waals surface area contributed by atoms with Crippen LogP contribution in [-0.4, -0.2) is 27.2 Å². The van der Waals surface area contributed by atoms with Crippen molar-refractivity contribution in [3.8, 4) is 11.3 Å². The van der Waals surface area contributed by atoms with E-state index in [-0.39, 0.29) is 18.0 Å². The molecule has 148 valence electrons. The molecular weight excluding hydrogens is 378 g/mol. The van der Waals surface area contributed by atoms with Crippen molar-refractivity contribution in [3.63, 3.8) is 0 Å². The van der Waals surface area contributed by atoms with E-state index in [1.54, 1.807) is 0 Å². The lowest BCUT2D eigenvalue weighted by molar-refractivity contribution is 0.0695. The summed E-state index contributed by atoms with van der Waals surface area (Å²) in [5, 5.41) is 13.9. The Morgan fingerprint density at radius 3 is 2.71 bits per heavy atom. The number of aryl methyl sites for hydroxylation is 2. The van der Waals surface area contributed by atoms with Crippen molar-refractivity contribution in [1.29, 1.82) is 0 Å². The predicted octanol–water partition coefficient (Wildman–Crippen LogP) is 3.64. The molecular formula is C21H24ClN3O3. The summed E-state index contributed by atoms with van der Waals surface area (Å²) in [4.78, 5) is 26.2. The molecule has 1 saturated heterocycles. The Kier molecular flexibility index (Phi) is 5.63. The van der Waals surface area contributed by atoms with Crippen LogP contribution in [0.1, 0.15) is 47.4 Å². The molecule has 1 aromatic carbocycles. The van der Waals surface area contributed by atoms with Gasteiger partial charge >= 0.3 is 5.97 Å². The highest BCUT2D eigenvalue weighted by Crippen LogP contribution is 2.31. The Morgan fingerprint density at radius 2 is 2.07 bits per heavy atom. The number of aromatic amines is 1. The fraction of sp³-hybridized carbons (Fsp3) is 0.333. The number of benzene rings is 1. The zero-order chi connectivity index (χ0) is 19.1. The van der Waals surface area contributed by atoms with Crippen molar-refractivity contribution in [3.05, 3.63) is 57.5 Å². The van der Waals surface area contributed by atoms with Crippen LogP contribution in [0.15, 0.2) is 35.1 Å². The summed E-state index contributed by atoms with van der Waals surface area (Å²) in [5.41, 5.74) is 4.03. The number of pyridine rings is 1. The molecule has 0 spiro atoms. The van der Waals surface area contributed by atoms with Crippen LogP contribution in [0.2, 0.25) is 0 Å². The molecule has 0 amide bonds. The van der Waals surface area contributed by atoms with Crippen LogP contribution in [-0.2, 0) is 13.5 Å². The van der Waals surface area contributed by atoms with Gasteiger partial charge in [-0.3, -0.25) is 4.79 Å². The number of nitrogens with zero attached hydrogens (tertiary/aromatic N) is 1. The zero-order valence-electron chi connectivity index (χ0n) is 15.9. The van der Waals surface area contributed by atoms with E-state index in [9.17, 15) is 14.7 Å². The molecule has 1 atom stereocenters. The van der Waals surface area contributed by atoms with Crippen molar-refractivity contribution >= 4 is 29.3 Å². The van der Waals surface area contributed by atoms with Crippen molar-refractivity contribution in [2.45, 2.75) is 32.2 Å².